The molecule has 0 saturated carbocycles. The molecule has 0 aliphatic rings. The van der Waals surface area contributed by atoms with Gasteiger partial charge in [-0.2, -0.15) is 4.98 Å². The van der Waals surface area contributed by atoms with Crippen molar-refractivity contribution in [2.45, 2.75) is 25.4 Å². The first-order valence-corrected chi connectivity index (χ1v) is 9.61. The molecule has 1 aromatic heterocycles. The van der Waals surface area contributed by atoms with E-state index in [4.69, 9.17) is 21.7 Å². The summed E-state index contributed by atoms with van der Waals surface area (Å²) in [4.78, 5) is 42.2. The Morgan fingerprint density at radius 3 is 2.22 bits per heavy atom. The maximum atomic E-state index is 12.3. The number of aliphatic carboxylic acids is 2. The molecule has 0 aliphatic heterocycles. The monoisotopic (exact) mass is 438 g/mol. The summed E-state index contributed by atoms with van der Waals surface area (Å²) in [5, 5.41) is 24.1. The van der Waals surface area contributed by atoms with Gasteiger partial charge in [0.25, 0.3) is 5.91 Å². The van der Waals surface area contributed by atoms with E-state index in [1.54, 1.807) is 30.3 Å². The molecule has 0 bridgehead atoms. The molecule has 8 N–H and O–H groups in total. The summed E-state index contributed by atoms with van der Waals surface area (Å²) in [7, 11) is 0. The van der Waals surface area contributed by atoms with Crippen LogP contribution >= 0.6 is 0 Å². The van der Waals surface area contributed by atoms with E-state index < -0.39 is 36.7 Å². The average Bonchev–Trinajstić information content (AvgIpc) is 2.71. The van der Waals surface area contributed by atoms with Crippen LogP contribution < -0.4 is 22.1 Å². The Balaban J connectivity index is 1.63. The van der Waals surface area contributed by atoms with Gasteiger partial charge in [-0.05, 0) is 42.0 Å². The number of carboxylic acids is 2. The van der Waals surface area contributed by atoms with Gasteiger partial charge >= 0.3 is 11.9 Å². The van der Waals surface area contributed by atoms with Crippen LogP contribution in [0, 0.1) is 0 Å². The van der Waals surface area contributed by atoms with Crippen LogP contribution in [-0.4, -0.2) is 44.1 Å². The second-order valence-corrected chi connectivity index (χ2v) is 7.12. The number of carbonyl (C=O) groups excluding carboxylic acids is 1. The molecular weight excluding hydrogens is 416 g/mol. The van der Waals surface area contributed by atoms with E-state index in [9.17, 15) is 14.4 Å². The molecule has 1 amide bonds. The summed E-state index contributed by atoms with van der Waals surface area (Å²) in [5.41, 5.74) is 14.1. The Hall–Kier alpha value is -4.41. The number of nitrogens with two attached hydrogens (primary N) is 2. The topological polar surface area (TPSA) is 194 Å². The Kier molecular flexibility index (Phi) is 6.68. The smallest absolute Gasteiger partial charge is 0.305 e. The Bertz CT molecular complexity index is 1150. The van der Waals surface area contributed by atoms with Gasteiger partial charge in [0.15, 0.2) is 0 Å². The average molecular weight is 438 g/mol. The molecule has 0 fully saturated rings. The normalized spacial score (nSPS) is 10.8. The predicted molar refractivity (Wildman–Crippen MR) is 118 cm³/mol. The molecule has 166 valence electrons. The molecule has 11 heteroatoms. The fraction of sp³-hybridized carbons (Fsp3) is 0.190. The zero-order valence-electron chi connectivity index (χ0n) is 16.9. The summed E-state index contributed by atoms with van der Waals surface area (Å²) in [5.74, 6) is -2.52. The van der Waals surface area contributed by atoms with Crippen LogP contribution in [0.2, 0.25) is 0 Å². The van der Waals surface area contributed by atoms with Crippen molar-refractivity contribution in [3.63, 3.8) is 0 Å². The third-order valence-corrected chi connectivity index (χ3v) is 4.63. The number of rotatable bonds is 9. The van der Waals surface area contributed by atoms with Crippen molar-refractivity contribution in [2.24, 2.45) is 0 Å². The van der Waals surface area contributed by atoms with Gasteiger partial charge in [-0.1, -0.05) is 6.07 Å². The van der Waals surface area contributed by atoms with E-state index in [-0.39, 0.29) is 11.5 Å². The van der Waals surface area contributed by atoms with Crippen molar-refractivity contribution in [1.29, 1.82) is 0 Å². The second-order valence-electron chi connectivity index (χ2n) is 7.12. The van der Waals surface area contributed by atoms with Crippen LogP contribution in [0.15, 0.2) is 42.5 Å². The Morgan fingerprint density at radius 1 is 0.938 bits per heavy atom. The minimum absolute atomic E-state index is 0.113. The highest BCUT2D eigenvalue weighted by atomic mass is 16.4. The first kappa shape index (κ1) is 22.3. The number of amides is 1. The Morgan fingerprint density at radius 2 is 1.59 bits per heavy atom. The lowest BCUT2D eigenvalue weighted by Gasteiger charge is -2.15. The van der Waals surface area contributed by atoms with Crippen LogP contribution in [0.25, 0.3) is 10.9 Å². The molecule has 0 radical (unpaired) electrons. The summed E-state index contributed by atoms with van der Waals surface area (Å²) in [6.07, 6.45) is -0.961. The highest BCUT2D eigenvalue weighted by Gasteiger charge is 2.20. The van der Waals surface area contributed by atoms with Crippen LogP contribution in [0.3, 0.4) is 0 Å². The first-order valence-electron chi connectivity index (χ1n) is 9.61. The third-order valence-electron chi connectivity index (χ3n) is 4.63. The molecule has 0 saturated heterocycles. The summed E-state index contributed by atoms with van der Waals surface area (Å²) in [6.45, 7) is 0.477. The fourth-order valence-electron chi connectivity index (χ4n) is 3.14. The van der Waals surface area contributed by atoms with Crippen LogP contribution in [-0.2, 0) is 16.1 Å². The van der Waals surface area contributed by atoms with Crippen molar-refractivity contribution >= 4 is 46.2 Å². The molecule has 0 spiro atoms. The van der Waals surface area contributed by atoms with Gasteiger partial charge in [0.05, 0.1) is 24.4 Å². The minimum Gasteiger partial charge on any atom is -0.481 e. The standard InChI is InChI=1S/C21H22N6O5/c22-19-15-7-11(1-6-16(15)26-21(23)27-19)10-24-13-4-2-12(3-5-13)20(32)25-14(8-17(28)29)9-18(30)31/h1-7,14,24H,8-10H2,(H,25,32)(H,28,29)(H,30,31)(H4,22,23,26,27). The van der Waals surface area contributed by atoms with Gasteiger partial charge in [-0.3, -0.25) is 14.4 Å². The van der Waals surface area contributed by atoms with E-state index in [2.05, 4.69) is 20.6 Å². The molecule has 3 rings (SSSR count). The number of nitrogens with zero attached hydrogens (tertiary/aromatic N) is 2. The molecule has 0 atom stereocenters. The van der Waals surface area contributed by atoms with Gasteiger partial charge in [-0.15, -0.1) is 0 Å². The number of fused-ring (bicyclic) bond motifs is 1. The number of benzene rings is 2. The van der Waals surface area contributed by atoms with E-state index in [0.717, 1.165) is 11.3 Å². The minimum atomic E-state index is -1.19. The summed E-state index contributed by atoms with van der Waals surface area (Å²) >= 11 is 0. The number of aromatic nitrogens is 2. The quantitative estimate of drug-likeness (QED) is 0.285. The van der Waals surface area contributed by atoms with Gasteiger partial charge in [0.1, 0.15) is 5.82 Å². The largest absolute Gasteiger partial charge is 0.481 e. The fourth-order valence-corrected chi connectivity index (χ4v) is 3.14. The lowest BCUT2D eigenvalue weighted by atomic mass is 10.1. The number of nitrogens with one attached hydrogen (secondary N) is 2. The first-order chi connectivity index (χ1) is 15.2. The lowest BCUT2D eigenvalue weighted by Crippen LogP contribution is -2.38. The number of carbonyl (C=O) groups is 3. The summed E-state index contributed by atoms with van der Waals surface area (Å²) in [6, 6.07) is 11.1. The molecule has 3 aromatic rings. The van der Waals surface area contributed by atoms with E-state index in [0.29, 0.717) is 23.3 Å². The predicted octanol–water partition coefficient (Wildman–Crippen LogP) is 1.45. The molecule has 2 aromatic carbocycles. The molecule has 32 heavy (non-hydrogen) atoms. The maximum Gasteiger partial charge on any atom is 0.305 e. The van der Waals surface area contributed by atoms with Gasteiger partial charge < -0.3 is 32.3 Å². The zero-order chi connectivity index (χ0) is 23.3. The van der Waals surface area contributed by atoms with Crippen LogP contribution in [0.4, 0.5) is 17.5 Å². The summed E-state index contributed by atoms with van der Waals surface area (Å²) < 4.78 is 0. The van der Waals surface area contributed by atoms with Crippen molar-refractivity contribution in [3.05, 3.63) is 53.6 Å². The van der Waals surface area contributed by atoms with Crippen molar-refractivity contribution in [3.8, 4) is 0 Å². The highest BCUT2D eigenvalue weighted by molar-refractivity contribution is 5.95. The maximum absolute atomic E-state index is 12.3. The molecule has 0 aliphatic carbocycles. The molecule has 0 unspecified atom stereocenters. The van der Waals surface area contributed by atoms with Crippen LogP contribution in [0.1, 0.15) is 28.8 Å². The number of carboxylic acid groups (broad SMARTS) is 2. The molecule has 11 nitrogen and oxygen atoms in total. The SMILES string of the molecule is Nc1nc(N)c2cc(CNc3ccc(C(=O)NC(CC(=O)O)CC(=O)O)cc3)ccc2n1. The number of hydrogen-bond donors (Lipinski definition) is 6. The van der Waals surface area contributed by atoms with Crippen molar-refractivity contribution in [1.82, 2.24) is 15.3 Å². The number of anilines is 3. The number of nitrogen functional groups attached to an aromatic ring is 2. The second kappa shape index (κ2) is 9.60. The van der Waals surface area contributed by atoms with Crippen molar-refractivity contribution < 1.29 is 24.6 Å². The van der Waals surface area contributed by atoms with Crippen molar-refractivity contribution in [2.75, 3.05) is 16.8 Å². The Labute approximate surface area is 182 Å². The van der Waals surface area contributed by atoms with Gasteiger partial charge in [-0.25, -0.2) is 4.98 Å². The lowest BCUT2D eigenvalue weighted by molar-refractivity contribution is -0.139. The van der Waals surface area contributed by atoms with E-state index in [1.807, 2.05) is 12.1 Å². The van der Waals surface area contributed by atoms with Crippen LogP contribution in [0.5, 0.6) is 0 Å². The van der Waals surface area contributed by atoms with E-state index in [1.165, 1.54) is 0 Å². The van der Waals surface area contributed by atoms with Gasteiger partial charge in [0.2, 0.25) is 5.95 Å². The zero-order valence-corrected chi connectivity index (χ0v) is 16.9. The molecule has 1 heterocycles. The third kappa shape index (κ3) is 5.81. The highest BCUT2D eigenvalue weighted by Crippen LogP contribution is 2.21. The van der Waals surface area contributed by atoms with E-state index >= 15 is 0 Å². The number of hydrogen-bond acceptors (Lipinski definition) is 8. The van der Waals surface area contributed by atoms with Gasteiger partial charge in [0, 0.05) is 23.2 Å². The molecular formula is C21H22N6O5.